The van der Waals surface area contributed by atoms with Crippen molar-refractivity contribution in [2.75, 3.05) is 6.54 Å². The molecule has 6 nitrogen and oxygen atoms in total. The van der Waals surface area contributed by atoms with Gasteiger partial charge in [0, 0.05) is 12.6 Å². The zero-order chi connectivity index (χ0) is 16.5. The molecule has 1 aliphatic heterocycles. The molecule has 0 saturated carbocycles. The molecule has 0 bridgehead atoms. The van der Waals surface area contributed by atoms with Crippen LogP contribution >= 0.6 is 11.6 Å². The average Bonchev–Trinajstić information content (AvgIpc) is 2.46. The van der Waals surface area contributed by atoms with Crippen LogP contribution in [0.1, 0.15) is 25.3 Å². The highest BCUT2D eigenvalue weighted by Gasteiger charge is 2.39. The van der Waals surface area contributed by atoms with Crippen molar-refractivity contribution in [1.29, 1.82) is 5.26 Å². The Morgan fingerprint density at radius 2 is 2.18 bits per heavy atom. The van der Waals surface area contributed by atoms with E-state index in [0.717, 1.165) is 0 Å². The molecular weight excluding hydrogens is 328 g/mol. The van der Waals surface area contributed by atoms with Crippen LogP contribution in [0.25, 0.3) is 0 Å². The van der Waals surface area contributed by atoms with Gasteiger partial charge in [0.1, 0.15) is 6.07 Å². The molecule has 1 aromatic rings. The van der Waals surface area contributed by atoms with Crippen molar-refractivity contribution >= 4 is 27.6 Å². The van der Waals surface area contributed by atoms with E-state index < -0.39 is 28.0 Å². The molecule has 2 atom stereocenters. The van der Waals surface area contributed by atoms with Gasteiger partial charge in [0.25, 0.3) is 0 Å². The molecule has 0 unspecified atom stereocenters. The summed E-state index contributed by atoms with van der Waals surface area (Å²) in [4.78, 5) is 11.2. The second kappa shape index (κ2) is 6.24. The maximum atomic E-state index is 12.7. The normalized spacial score (nSPS) is 23.0. The van der Waals surface area contributed by atoms with Crippen LogP contribution < -0.4 is 0 Å². The molecule has 1 fully saturated rings. The first-order chi connectivity index (χ1) is 10.3. The Labute approximate surface area is 134 Å². The largest absolute Gasteiger partial charge is 0.481 e. The van der Waals surface area contributed by atoms with Crippen LogP contribution in [-0.2, 0) is 14.8 Å². The molecule has 2 rings (SSSR count). The molecule has 1 aliphatic rings. The first-order valence-electron chi connectivity index (χ1n) is 6.73. The maximum Gasteiger partial charge on any atom is 0.308 e. The van der Waals surface area contributed by atoms with E-state index in [2.05, 4.69) is 0 Å². The molecular formula is C14H15ClN2O4S. The lowest BCUT2D eigenvalue weighted by molar-refractivity contribution is -0.144. The van der Waals surface area contributed by atoms with Crippen molar-refractivity contribution in [2.24, 2.45) is 5.92 Å². The molecule has 0 aromatic heterocycles. The summed E-state index contributed by atoms with van der Waals surface area (Å²) in [6.07, 6.45) is 0.946. The molecule has 1 aromatic carbocycles. The summed E-state index contributed by atoms with van der Waals surface area (Å²) in [7, 11) is -3.85. The van der Waals surface area contributed by atoms with Crippen LogP contribution in [0.2, 0.25) is 5.02 Å². The first-order valence-corrected chi connectivity index (χ1v) is 8.55. The fraction of sp³-hybridized carbons (Fsp3) is 0.429. The van der Waals surface area contributed by atoms with Gasteiger partial charge in [-0.15, -0.1) is 0 Å². The van der Waals surface area contributed by atoms with Gasteiger partial charge < -0.3 is 5.11 Å². The zero-order valence-corrected chi connectivity index (χ0v) is 13.4. The van der Waals surface area contributed by atoms with Crippen LogP contribution in [0, 0.1) is 17.2 Å². The lowest BCUT2D eigenvalue weighted by Gasteiger charge is -2.36. The number of benzene rings is 1. The molecule has 1 heterocycles. The van der Waals surface area contributed by atoms with Crippen LogP contribution in [-0.4, -0.2) is 36.4 Å². The van der Waals surface area contributed by atoms with Crippen LogP contribution in [0.4, 0.5) is 0 Å². The summed E-state index contributed by atoms with van der Waals surface area (Å²) in [5, 5.41) is 18.1. The fourth-order valence-electron chi connectivity index (χ4n) is 2.66. The Bertz CT molecular complexity index is 742. The number of nitrogens with zero attached hydrogens (tertiary/aromatic N) is 2. The van der Waals surface area contributed by atoms with Crippen molar-refractivity contribution in [3.63, 3.8) is 0 Å². The van der Waals surface area contributed by atoms with Gasteiger partial charge in [-0.3, -0.25) is 4.79 Å². The van der Waals surface area contributed by atoms with E-state index in [9.17, 15) is 18.3 Å². The summed E-state index contributed by atoms with van der Waals surface area (Å²) < 4.78 is 26.6. The molecule has 8 heteroatoms. The zero-order valence-electron chi connectivity index (χ0n) is 11.9. The van der Waals surface area contributed by atoms with Crippen molar-refractivity contribution in [2.45, 2.75) is 30.7 Å². The summed E-state index contributed by atoms with van der Waals surface area (Å²) in [5.41, 5.74) is 0.190. The molecule has 1 saturated heterocycles. The van der Waals surface area contributed by atoms with E-state index in [-0.39, 0.29) is 22.0 Å². The molecule has 1 N–H and O–H groups in total. The minimum absolute atomic E-state index is 0.0330. The van der Waals surface area contributed by atoms with E-state index in [1.807, 2.05) is 6.07 Å². The number of sulfonamides is 1. The van der Waals surface area contributed by atoms with Crippen LogP contribution in [0.15, 0.2) is 23.1 Å². The van der Waals surface area contributed by atoms with Crippen molar-refractivity contribution in [1.82, 2.24) is 4.31 Å². The third-order valence-corrected chi connectivity index (χ3v) is 6.21. The number of carboxylic acids is 1. The lowest BCUT2D eigenvalue weighted by Crippen LogP contribution is -2.48. The van der Waals surface area contributed by atoms with Crippen LogP contribution in [0.5, 0.6) is 0 Å². The smallest absolute Gasteiger partial charge is 0.308 e. The van der Waals surface area contributed by atoms with Crippen molar-refractivity contribution in [3.8, 4) is 6.07 Å². The summed E-state index contributed by atoms with van der Waals surface area (Å²) >= 11 is 5.89. The number of carbonyl (C=O) groups is 1. The van der Waals surface area contributed by atoms with Gasteiger partial charge in [-0.25, -0.2) is 8.42 Å². The average molecular weight is 343 g/mol. The van der Waals surface area contributed by atoms with Crippen LogP contribution in [0.3, 0.4) is 0 Å². The van der Waals surface area contributed by atoms with Gasteiger partial charge in [-0.2, -0.15) is 9.57 Å². The van der Waals surface area contributed by atoms with Crippen molar-refractivity contribution < 1.29 is 18.3 Å². The summed E-state index contributed by atoms with van der Waals surface area (Å²) in [5.74, 6) is -1.72. The van der Waals surface area contributed by atoms with Gasteiger partial charge in [0.05, 0.1) is 21.4 Å². The number of piperidine rings is 1. The highest BCUT2D eigenvalue weighted by Crippen LogP contribution is 2.30. The Balaban J connectivity index is 2.40. The predicted molar refractivity (Wildman–Crippen MR) is 79.9 cm³/mol. The quantitative estimate of drug-likeness (QED) is 0.906. The van der Waals surface area contributed by atoms with Gasteiger partial charge in [0.15, 0.2) is 0 Å². The predicted octanol–water partition coefficient (Wildman–Crippen LogP) is 2.09. The van der Waals surface area contributed by atoms with Crippen molar-refractivity contribution in [3.05, 3.63) is 28.8 Å². The number of hydrogen-bond acceptors (Lipinski definition) is 4. The first kappa shape index (κ1) is 16.7. The molecule has 0 spiro atoms. The maximum absolute atomic E-state index is 12.7. The van der Waals surface area contributed by atoms with E-state index in [1.165, 1.54) is 22.5 Å². The number of rotatable bonds is 3. The number of halogens is 1. The van der Waals surface area contributed by atoms with E-state index >= 15 is 0 Å². The SMILES string of the molecule is C[C@@H]1[C@H](C(=O)O)CCCN1S(=O)(=O)c1ccc(C#N)c(Cl)c1. The second-order valence-corrected chi connectivity index (χ2v) is 7.49. The molecule has 0 aliphatic carbocycles. The number of aliphatic carboxylic acids is 1. The summed E-state index contributed by atoms with van der Waals surface area (Å²) in [6, 6.07) is 5.12. The van der Waals surface area contributed by atoms with Gasteiger partial charge in [0.2, 0.25) is 10.0 Å². The standard InChI is InChI=1S/C14H15ClN2O4S/c1-9-12(14(18)19)3-2-6-17(9)22(20,21)11-5-4-10(8-16)13(15)7-11/h4-5,7,9,12H,2-3,6H2,1H3,(H,18,19)/t9-,12-/m1/s1. The molecule has 118 valence electrons. The Hall–Kier alpha value is -1.62. The molecule has 0 amide bonds. The van der Waals surface area contributed by atoms with Gasteiger partial charge >= 0.3 is 5.97 Å². The van der Waals surface area contributed by atoms with E-state index in [0.29, 0.717) is 12.8 Å². The topological polar surface area (TPSA) is 98.5 Å². The minimum atomic E-state index is -3.85. The third-order valence-electron chi connectivity index (χ3n) is 3.91. The number of nitriles is 1. The lowest BCUT2D eigenvalue weighted by atomic mass is 9.92. The third kappa shape index (κ3) is 2.95. The summed E-state index contributed by atoms with van der Waals surface area (Å²) in [6.45, 7) is 1.87. The highest BCUT2D eigenvalue weighted by atomic mass is 35.5. The number of hydrogen-bond donors (Lipinski definition) is 1. The second-order valence-electron chi connectivity index (χ2n) is 5.20. The Kier molecular flexibility index (Phi) is 4.75. The molecule has 0 radical (unpaired) electrons. The minimum Gasteiger partial charge on any atom is -0.481 e. The van der Waals surface area contributed by atoms with E-state index in [4.69, 9.17) is 16.9 Å². The Morgan fingerprint density at radius 1 is 1.50 bits per heavy atom. The molecule has 22 heavy (non-hydrogen) atoms. The van der Waals surface area contributed by atoms with Gasteiger partial charge in [-0.05, 0) is 38.0 Å². The highest BCUT2D eigenvalue weighted by molar-refractivity contribution is 7.89. The van der Waals surface area contributed by atoms with Gasteiger partial charge in [-0.1, -0.05) is 11.6 Å². The number of carboxylic acid groups (broad SMARTS) is 1. The Morgan fingerprint density at radius 3 is 2.73 bits per heavy atom. The monoisotopic (exact) mass is 342 g/mol. The fourth-order valence-corrected chi connectivity index (χ4v) is 4.68. The van der Waals surface area contributed by atoms with E-state index in [1.54, 1.807) is 6.92 Å².